The number of carbonyl (C=O) groups is 1. The molecule has 0 aliphatic carbocycles. The van der Waals surface area contributed by atoms with Crippen molar-refractivity contribution in [1.82, 2.24) is 4.90 Å². The first-order chi connectivity index (χ1) is 9.40. The van der Waals surface area contributed by atoms with E-state index in [0.717, 1.165) is 0 Å². The molecule has 0 fully saturated rings. The highest BCUT2D eigenvalue weighted by Gasteiger charge is 2.20. The zero-order valence-corrected chi connectivity index (χ0v) is 11.6. The van der Waals surface area contributed by atoms with Crippen LogP contribution in [-0.4, -0.2) is 45.9 Å². The predicted molar refractivity (Wildman–Crippen MR) is 76.9 cm³/mol. The molecule has 9 heteroatoms. The predicted octanol–water partition coefficient (Wildman–Crippen LogP) is -0.146. The van der Waals surface area contributed by atoms with E-state index >= 15 is 0 Å². The van der Waals surface area contributed by atoms with Crippen LogP contribution < -0.4 is 11.1 Å². The van der Waals surface area contributed by atoms with Crippen LogP contribution in [0.15, 0.2) is 27.0 Å². The molecule has 106 valence electrons. The lowest BCUT2D eigenvalue weighted by Crippen LogP contribution is -2.28. The molecule has 0 radical (unpaired) electrons. The molecule has 0 bridgehead atoms. The quantitative estimate of drug-likeness (QED) is 0.655. The Hall–Kier alpha value is -2.42. The molecule has 0 saturated heterocycles. The number of nitrogens with two attached hydrogens (primary N) is 1. The first-order valence-electron chi connectivity index (χ1n) is 5.56. The Bertz CT molecular complexity index is 653. The van der Waals surface area contributed by atoms with Gasteiger partial charge in [0, 0.05) is 14.1 Å². The van der Waals surface area contributed by atoms with Crippen LogP contribution in [0.4, 0.5) is 5.69 Å². The van der Waals surface area contributed by atoms with Crippen LogP contribution in [0.3, 0.4) is 0 Å². The van der Waals surface area contributed by atoms with Gasteiger partial charge in [-0.1, -0.05) is 6.07 Å². The van der Waals surface area contributed by atoms with Crippen molar-refractivity contribution in [2.24, 2.45) is 14.5 Å². The van der Waals surface area contributed by atoms with Crippen LogP contribution in [-0.2, 0) is 11.2 Å². The van der Waals surface area contributed by atoms with Gasteiger partial charge >= 0.3 is 0 Å². The van der Waals surface area contributed by atoms with Gasteiger partial charge in [0.15, 0.2) is 17.4 Å². The first-order valence-corrected chi connectivity index (χ1v) is 6.62. The molecule has 0 aromatic heterocycles. The Balaban J connectivity index is 2.33. The number of anilines is 1. The maximum atomic E-state index is 11.9. The van der Waals surface area contributed by atoms with Crippen molar-refractivity contribution in [1.29, 1.82) is 0 Å². The van der Waals surface area contributed by atoms with Gasteiger partial charge in [-0.25, -0.2) is 4.21 Å². The van der Waals surface area contributed by atoms with Crippen molar-refractivity contribution in [2.75, 3.05) is 19.4 Å². The number of carbonyl (C=O) groups excluding carboxylic acids is 1. The SMILES string of the molecule is CN(C)C(=O)c1cccc(NC2=NS(=O)N=C2N)c1O. The molecule has 1 unspecified atom stereocenters. The fraction of sp³-hybridized carbons (Fsp3) is 0.182. The number of amidine groups is 2. The zero-order chi connectivity index (χ0) is 14.9. The summed E-state index contributed by atoms with van der Waals surface area (Å²) < 4.78 is 18.3. The summed E-state index contributed by atoms with van der Waals surface area (Å²) in [5.41, 5.74) is 5.88. The van der Waals surface area contributed by atoms with Crippen molar-refractivity contribution in [3.8, 4) is 5.75 Å². The molecule has 1 atom stereocenters. The number of benzene rings is 1. The summed E-state index contributed by atoms with van der Waals surface area (Å²) in [6.07, 6.45) is 0. The van der Waals surface area contributed by atoms with Crippen LogP contribution in [0.25, 0.3) is 0 Å². The molecular weight excluding hydrogens is 282 g/mol. The van der Waals surface area contributed by atoms with E-state index in [4.69, 9.17) is 5.73 Å². The molecular formula is C11H13N5O3S. The molecule has 0 saturated carbocycles. The van der Waals surface area contributed by atoms with Gasteiger partial charge in [-0.3, -0.25) is 4.79 Å². The van der Waals surface area contributed by atoms with E-state index in [1.807, 2.05) is 0 Å². The highest BCUT2D eigenvalue weighted by Crippen LogP contribution is 2.28. The van der Waals surface area contributed by atoms with Crippen molar-refractivity contribution >= 4 is 34.4 Å². The van der Waals surface area contributed by atoms with Gasteiger partial charge in [-0.2, -0.15) is 0 Å². The van der Waals surface area contributed by atoms with Gasteiger partial charge in [0.1, 0.15) is 0 Å². The maximum absolute atomic E-state index is 11.9. The van der Waals surface area contributed by atoms with Gasteiger partial charge in [-0.05, 0) is 12.1 Å². The van der Waals surface area contributed by atoms with Gasteiger partial charge in [0.05, 0.1) is 11.3 Å². The number of nitrogens with zero attached hydrogens (tertiary/aromatic N) is 3. The monoisotopic (exact) mass is 295 g/mol. The molecule has 0 spiro atoms. The average molecular weight is 295 g/mol. The normalized spacial score (nSPS) is 17.4. The van der Waals surface area contributed by atoms with E-state index in [9.17, 15) is 14.1 Å². The number of amides is 1. The second-order valence-electron chi connectivity index (χ2n) is 4.17. The standard InChI is InChI=1S/C11H13N5O3S/c1-16(2)11(18)6-4-3-5-7(8(6)17)13-10-9(12)14-20(19)15-10/h3-5,17H,1-2H3,(H2,12,14)(H,13,15). The van der Waals surface area contributed by atoms with Crippen molar-refractivity contribution in [3.05, 3.63) is 23.8 Å². The van der Waals surface area contributed by atoms with Gasteiger partial charge in [0.2, 0.25) is 0 Å². The van der Waals surface area contributed by atoms with E-state index in [-0.39, 0.29) is 34.6 Å². The Kier molecular flexibility index (Phi) is 3.70. The molecule has 2 rings (SSSR count). The Morgan fingerprint density at radius 1 is 1.40 bits per heavy atom. The minimum atomic E-state index is -1.75. The Morgan fingerprint density at radius 3 is 2.65 bits per heavy atom. The zero-order valence-electron chi connectivity index (χ0n) is 10.8. The summed E-state index contributed by atoms with van der Waals surface area (Å²) in [7, 11) is 3.16. The summed E-state index contributed by atoms with van der Waals surface area (Å²) in [5.74, 6) is -0.510. The minimum absolute atomic E-state index is 0.0212. The summed E-state index contributed by atoms with van der Waals surface area (Å²) in [4.78, 5) is 13.2. The number of hydrogen-bond acceptors (Lipinski definition) is 5. The molecule has 1 aliphatic rings. The van der Waals surface area contributed by atoms with Gasteiger partial charge in [0.25, 0.3) is 17.1 Å². The average Bonchev–Trinajstić information content (AvgIpc) is 2.69. The van der Waals surface area contributed by atoms with Crippen LogP contribution in [0.1, 0.15) is 10.4 Å². The van der Waals surface area contributed by atoms with E-state index in [2.05, 4.69) is 14.1 Å². The number of aromatic hydroxyl groups is 1. The second-order valence-corrected chi connectivity index (χ2v) is 5.00. The summed E-state index contributed by atoms with van der Waals surface area (Å²) in [6.45, 7) is 0. The highest BCUT2D eigenvalue weighted by atomic mass is 32.2. The van der Waals surface area contributed by atoms with Crippen molar-refractivity contribution in [3.63, 3.8) is 0 Å². The largest absolute Gasteiger partial charge is 0.505 e. The Morgan fingerprint density at radius 2 is 2.10 bits per heavy atom. The smallest absolute Gasteiger partial charge is 0.269 e. The molecule has 4 N–H and O–H groups in total. The summed E-state index contributed by atoms with van der Waals surface area (Å²) in [6, 6.07) is 4.63. The number of nitrogens with one attached hydrogen (secondary N) is 1. The van der Waals surface area contributed by atoms with Crippen LogP contribution in [0, 0.1) is 0 Å². The van der Waals surface area contributed by atoms with E-state index < -0.39 is 11.2 Å². The van der Waals surface area contributed by atoms with Crippen molar-refractivity contribution < 1.29 is 14.1 Å². The fourth-order valence-corrected chi connectivity index (χ4v) is 2.14. The summed E-state index contributed by atoms with van der Waals surface area (Å²) >= 11 is -1.75. The lowest BCUT2D eigenvalue weighted by molar-refractivity contribution is 0.0824. The van der Waals surface area contributed by atoms with Crippen molar-refractivity contribution in [2.45, 2.75) is 0 Å². The topological polar surface area (TPSA) is 120 Å². The number of rotatable bonds is 2. The molecule has 1 amide bonds. The molecule has 1 aliphatic heterocycles. The Labute approximate surface area is 117 Å². The van der Waals surface area contributed by atoms with Gasteiger partial charge in [-0.15, -0.1) is 8.80 Å². The molecule has 1 aromatic carbocycles. The first kappa shape index (κ1) is 14.0. The van der Waals surface area contributed by atoms with E-state index in [1.54, 1.807) is 26.2 Å². The fourth-order valence-electron chi connectivity index (χ4n) is 1.54. The highest BCUT2D eigenvalue weighted by molar-refractivity contribution is 7.83. The third kappa shape index (κ3) is 2.62. The third-order valence-corrected chi connectivity index (χ3v) is 3.21. The number of phenolic OH excluding ortho intramolecular Hbond substituents is 1. The van der Waals surface area contributed by atoms with Gasteiger partial charge < -0.3 is 21.1 Å². The number of phenols is 1. The minimum Gasteiger partial charge on any atom is -0.505 e. The van der Waals surface area contributed by atoms with E-state index in [0.29, 0.717) is 0 Å². The second kappa shape index (κ2) is 5.29. The lowest BCUT2D eigenvalue weighted by atomic mass is 10.1. The van der Waals surface area contributed by atoms with Crippen LogP contribution in [0.2, 0.25) is 0 Å². The third-order valence-electron chi connectivity index (χ3n) is 2.51. The molecule has 1 heterocycles. The molecule has 1 aromatic rings. The molecule has 20 heavy (non-hydrogen) atoms. The number of para-hydroxylation sites is 1. The summed E-state index contributed by atoms with van der Waals surface area (Å²) in [5, 5.41) is 12.8. The van der Waals surface area contributed by atoms with Crippen LogP contribution in [0.5, 0.6) is 5.75 Å². The van der Waals surface area contributed by atoms with Crippen LogP contribution >= 0.6 is 0 Å². The maximum Gasteiger partial charge on any atom is 0.269 e. The molecule has 8 nitrogen and oxygen atoms in total. The lowest BCUT2D eigenvalue weighted by Gasteiger charge is -2.14. The van der Waals surface area contributed by atoms with E-state index in [1.165, 1.54) is 11.0 Å². The number of hydrogen-bond donors (Lipinski definition) is 3.